The van der Waals surface area contributed by atoms with Gasteiger partial charge in [-0.15, -0.1) is 0 Å². The SMILES string of the molecule is O=C(O)[C@H]1O[C@H](CO[C@]2(C(=O)O)C[C@@H](O)[C@@H](O)[C@@H]([C@H](O)CO)O2)[C@@H](O)[C@@H]1O. The summed E-state index contributed by atoms with van der Waals surface area (Å²) in [6, 6.07) is 0. The smallest absolute Gasteiger partial charge is 0.364 e. The molecule has 8 N–H and O–H groups in total. The van der Waals surface area contributed by atoms with Crippen LogP contribution in [0.1, 0.15) is 6.42 Å². The van der Waals surface area contributed by atoms with Crippen LogP contribution in [0.15, 0.2) is 0 Å². The predicted molar refractivity (Wildman–Crippen MR) is 79.2 cm³/mol. The van der Waals surface area contributed by atoms with Crippen LogP contribution in [0.4, 0.5) is 0 Å². The number of carbonyl (C=O) groups is 2. The lowest BCUT2D eigenvalue weighted by Crippen LogP contribution is -2.63. The van der Waals surface area contributed by atoms with Gasteiger partial charge < -0.3 is 55.1 Å². The van der Waals surface area contributed by atoms with E-state index in [2.05, 4.69) is 0 Å². The van der Waals surface area contributed by atoms with E-state index >= 15 is 0 Å². The molecule has 13 nitrogen and oxygen atoms in total. The zero-order valence-corrected chi connectivity index (χ0v) is 13.9. The van der Waals surface area contributed by atoms with E-state index in [-0.39, 0.29) is 0 Å². The van der Waals surface area contributed by atoms with E-state index in [0.29, 0.717) is 0 Å². The molecule has 0 aromatic rings. The molecule has 2 heterocycles. The number of ether oxygens (including phenoxy) is 3. The normalized spacial score (nSPS) is 43.4. The van der Waals surface area contributed by atoms with Crippen LogP contribution in [0, 0.1) is 0 Å². The van der Waals surface area contributed by atoms with Gasteiger partial charge in [-0.25, -0.2) is 9.59 Å². The number of carboxylic acid groups (broad SMARTS) is 2. The second kappa shape index (κ2) is 8.30. The van der Waals surface area contributed by atoms with Crippen LogP contribution < -0.4 is 0 Å². The summed E-state index contributed by atoms with van der Waals surface area (Å²) < 4.78 is 15.2. The third-order valence-electron chi connectivity index (χ3n) is 4.51. The van der Waals surface area contributed by atoms with Crippen molar-refractivity contribution in [3.63, 3.8) is 0 Å². The molecule has 0 saturated carbocycles. The number of aliphatic carboxylic acids is 2. The van der Waals surface area contributed by atoms with Crippen molar-refractivity contribution >= 4 is 11.9 Å². The van der Waals surface area contributed by atoms with Crippen molar-refractivity contribution in [1.29, 1.82) is 0 Å². The third-order valence-corrected chi connectivity index (χ3v) is 4.51. The lowest BCUT2D eigenvalue weighted by Gasteiger charge is -2.44. The summed E-state index contributed by atoms with van der Waals surface area (Å²) in [5.74, 6) is -5.88. The second-order valence-electron chi connectivity index (χ2n) is 6.38. The Kier molecular flexibility index (Phi) is 6.72. The van der Waals surface area contributed by atoms with Gasteiger partial charge in [0.05, 0.1) is 19.3 Å². The number of carboxylic acids is 2. The summed E-state index contributed by atoms with van der Waals surface area (Å²) >= 11 is 0. The van der Waals surface area contributed by atoms with Crippen LogP contribution >= 0.6 is 0 Å². The fourth-order valence-corrected chi connectivity index (χ4v) is 2.96. The van der Waals surface area contributed by atoms with Gasteiger partial charge in [-0.05, 0) is 0 Å². The molecule has 2 saturated heterocycles. The maximum absolute atomic E-state index is 11.7. The van der Waals surface area contributed by atoms with E-state index < -0.39 is 86.2 Å². The number of aliphatic hydroxyl groups excluding tert-OH is 6. The molecule has 2 fully saturated rings. The van der Waals surface area contributed by atoms with Gasteiger partial charge in [-0.1, -0.05) is 0 Å². The fourth-order valence-electron chi connectivity index (χ4n) is 2.96. The molecular weight excluding hydrogens is 376 g/mol. The molecule has 0 amide bonds. The highest BCUT2D eigenvalue weighted by Gasteiger charge is 2.55. The molecule has 13 heteroatoms. The van der Waals surface area contributed by atoms with Gasteiger partial charge in [0.25, 0.3) is 5.79 Å². The van der Waals surface area contributed by atoms with Gasteiger partial charge in [0, 0.05) is 6.42 Å². The quantitative estimate of drug-likeness (QED) is 0.202. The monoisotopic (exact) mass is 398 g/mol. The van der Waals surface area contributed by atoms with E-state index in [1.807, 2.05) is 0 Å². The molecule has 0 bridgehead atoms. The van der Waals surface area contributed by atoms with Crippen LogP contribution in [-0.4, -0.2) is 121 Å². The number of rotatable bonds is 7. The lowest BCUT2D eigenvalue weighted by molar-refractivity contribution is -0.328. The molecule has 0 aromatic carbocycles. The van der Waals surface area contributed by atoms with E-state index in [1.165, 1.54) is 0 Å². The summed E-state index contributed by atoms with van der Waals surface area (Å²) in [6.07, 6.45) is -14.3. The maximum atomic E-state index is 11.7. The summed E-state index contributed by atoms with van der Waals surface area (Å²) in [4.78, 5) is 22.6. The number of hydrogen-bond donors (Lipinski definition) is 8. The van der Waals surface area contributed by atoms with Gasteiger partial charge in [0.2, 0.25) is 0 Å². The van der Waals surface area contributed by atoms with Gasteiger partial charge in [0.15, 0.2) is 6.10 Å². The molecule has 156 valence electrons. The Morgan fingerprint density at radius 2 is 1.74 bits per heavy atom. The third kappa shape index (κ3) is 4.21. The zero-order chi connectivity index (χ0) is 20.5. The molecule has 0 spiro atoms. The highest BCUT2D eigenvalue weighted by molar-refractivity contribution is 5.76. The topological polar surface area (TPSA) is 224 Å². The van der Waals surface area contributed by atoms with Crippen LogP contribution in [0.5, 0.6) is 0 Å². The molecule has 27 heavy (non-hydrogen) atoms. The van der Waals surface area contributed by atoms with Crippen LogP contribution in [0.25, 0.3) is 0 Å². The molecule has 0 unspecified atom stereocenters. The Morgan fingerprint density at radius 3 is 2.22 bits per heavy atom. The standard InChI is InChI=1S/C14H22O13/c15-2-5(17)10-7(18)4(16)1-14(27-10,13(23)24)25-3-6-8(19)9(20)11(26-6)12(21)22/h4-11,15-20H,1-3H2,(H,21,22)(H,23,24)/t4-,5-,6-,7-,8-,9+,10-,11+,14-/m1/s1. The van der Waals surface area contributed by atoms with Crippen molar-refractivity contribution in [3.8, 4) is 0 Å². The highest BCUT2D eigenvalue weighted by Crippen LogP contribution is 2.34. The molecule has 0 aliphatic carbocycles. The first-order chi connectivity index (χ1) is 12.5. The van der Waals surface area contributed by atoms with Crippen LogP contribution in [0.2, 0.25) is 0 Å². The largest absolute Gasteiger partial charge is 0.479 e. The highest BCUT2D eigenvalue weighted by atomic mass is 16.7. The predicted octanol–water partition coefficient (Wildman–Crippen LogP) is -4.78. The molecule has 9 atom stereocenters. The van der Waals surface area contributed by atoms with Crippen molar-refractivity contribution in [1.82, 2.24) is 0 Å². The summed E-state index contributed by atoms with van der Waals surface area (Å²) in [5, 5.41) is 76.3. The molecule has 0 aromatic heterocycles. The summed E-state index contributed by atoms with van der Waals surface area (Å²) in [7, 11) is 0. The van der Waals surface area contributed by atoms with Crippen LogP contribution in [0.3, 0.4) is 0 Å². The Balaban J connectivity index is 2.15. The Hall–Kier alpha value is -1.42. The Labute approximate surface area is 151 Å². The van der Waals surface area contributed by atoms with Crippen molar-refractivity contribution in [2.24, 2.45) is 0 Å². The first-order valence-electron chi connectivity index (χ1n) is 7.98. The minimum Gasteiger partial charge on any atom is -0.479 e. The van der Waals surface area contributed by atoms with Crippen molar-refractivity contribution in [2.45, 2.75) is 61.0 Å². The van der Waals surface area contributed by atoms with E-state index in [4.69, 9.17) is 24.4 Å². The summed E-state index contributed by atoms with van der Waals surface area (Å²) in [6.45, 7) is -1.65. The Bertz CT molecular complexity index is 555. The number of hydrogen-bond acceptors (Lipinski definition) is 11. The van der Waals surface area contributed by atoms with Gasteiger partial charge in [-0.3, -0.25) is 0 Å². The van der Waals surface area contributed by atoms with E-state index in [9.17, 15) is 40.2 Å². The molecule has 2 aliphatic rings. The molecule has 2 rings (SSSR count). The van der Waals surface area contributed by atoms with Gasteiger partial charge in [0.1, 0.15) is 36.6 Å². The summed E-state index contributed by atoms with van der Waals surface area (Å²) in [5.41, 5.74) is 0. The minimum absolute atomic E-state index is 0.751. The fraction of sp³-hybridized carbons (Fsp3) is 0.857. The maximum Gasteiger partial charge on any atom is 0.364 e. The average molecular weight is 398 g/mol. The zero-order valence-electron chi connectivity index (χ0n) is 13.9. The van der Waals surface area contributed by atoms with Crippen molar-refractivity contribution < 1.29 is 64.7 Å². The van der Waals surface area contributed by atoms with Gasteiger partial charge >= 0.3 is 11.9 Å². The molecule has 0 radical (unpaired) electrons. The van der Waals surface area contributed by atoms with E-state index in [0.717, 1.165) is 0 Å². The minimum atomic E-state index is -2.59. The first-order valence-corrected chi connectivity index (χ1v) is 7.98. The van der Waals surface area contributed by atoms with Crippen LogP contribution in [-0.2, 0) is 23.8 Å². The van der Waals surface area contributed by atoms with Crippen molar-refractivity contribution in [2.75, 3.05) is 13.2 Å². The second-order valence-corrected chi connectivity index (χ2v) is 6.38. The number of aliphatic hydroxyl groups is 6. The van der Waals surface area contributed by atoms with E-state index in [1.54, 1.807) is 0 Å². The van der Waals surface area contributed by atoms with Crippen molar-refractivity contribution in [3.05, 3.63) is 0 Å². The average Bonchev–Trinajstić information content (AvgIpc) is 2.90. The molecular formula is C14H22O13. The van der Waals surface area contributed by atoms with Gasteiger partial charge in [-0.2, -0.15) is 0 Å². The first kappa shape index (κ1) is 21.9. The Morgan fingerprint density at radius 1 is 1.11 bits per heavy atom. The molecule has 2 aliphatic heterocycles. The lowest BCUT2D eigenvalue weighted by atomic mass is 9.92.